The molecule has 16 heavy (non-hydrogen) atoms. The third kappa shape index (κ3) is 1.58. The van der Waals surface area contributed by atoms with Crippen LogP contribution >= 0.6 is 15.9 Å². The summed E-state index contributed by atoms with van der Waals surface area (Å²) in [6.45, 7) is 0. The summed E-state index contributed by atoms with van der Waals surface area (Å²) in [5, 5.41) is 9.36. The molecule has 86 valence electrons. The highest BCUT2D eigenvalue weighted by Gasteiger charge is 2.47. The Morgan fingerprint density at radius 3 is 1.88 bits per heavy atom. The van der Waals surface area contributed by atoms with Crippen LogP contribution in [0.3, 0.4) is 0 Å². The van der Waals surface area contributed by atoms with Gasteiger partial charge in [-0.15, -0.1) is 0 Å². The molecule has 0 aromatic heterocycles. The molecule has 1 N–H and O–H groups in total. The van der Waals surface area contributed by atoms with E-state index >= 15 is 0 Å². The van der Waals surface area contributed by atoms with Gasteiger partial charge in [0.25, 0.3) is 0 Å². The van der Waals surface area contributed by atoms with Crippen LogP contribution in [0.15, 0.2) is 24.3 Å². The van der Waals surface area contributed by atoms with E-state index in [1.54, 1.807) is 0 Å². The van der Waals surface area contributed by atoms with Gasteiger partial charge in [-0.1, -0.05) is 28.1 Å². The zero-order valence-corrected chi connectivity index (χ0v) is 11.0. The number of phenolic OH excluding ortho intramolecular Hbond substituents is 1. The Labute approximate surface area is 105 Å². The van der Waals surface area contributed by atoms with Crippen molar-refractivity contribution >= 4 is 15.9 Å². The number of benzene rings is 1. The highest BCUT2D eigenvalue weighted by Crippen LogP contribution is 2.56. The molecule has 0 radical (unpaired) electrons. The van der Waals surface area contributed by atoms with Gasteiger partial charge in [-0.25, -0.2) is 0 Å². The number of fused-ring (bicyclic) bond motifs is 3. The second-order valence-electron chi connectivity index (χ2n) is 5.48. The highest BCUT2D eigenvalue weighted by molar-refractivity contribution is 9.10. The third-order valence-corrected chi connectivity index (χ3v) is 5.82. The van der Waals surface area contributed by atoms with E-state index in [1.807, 2.05) is 12.1 Å². The Morgan fingerprint density at radius 1 is 0.875 bits per heavy atom. The summed E-state index contributed by atoms with van der Waals surface area (Å²) >= 11 is 3.90. The van der Waals surface area contributed by atoms with Crippen LogP contribution in [0.2, 0.25) is 0 Å². The predicted molar refractivity (Wildman–Crippen MR) is 69.1 cm³/mol. The molecule has 0 unspecified atom stereocenters. The molecule has 0 spiro atoms. The van der Waals surface area contributed by atoms with E-state index in [-0.39, 0.29) is 0 Å². The van der Waals surface area contributed by atoms with Gasteiger partial charge >= 0.3 is 0 Å². The first-order valence-electron chi connectivity index (χ1n) is 6.11. The van der Waals surface area contributed by atoms with Crippen LogP contribution in [0, 0.1) is 0 Å². The van der Waals surface area contributed by atoms with E-state index in [0.29, 0.717) is 15.5 Å². The first kappa shape index (κ1) is 10.6. The van der Waals surface area contributed by atoms with Gasteiger partial charge in [0.05, 0.1) is 0 Å². The van der Waals surface area contributed by atoms with Gasteiger partial charge in [0.15, 0.2) is 0 Å². The van der Waals surface area contributed by atoms with Crippen LogP contribution in [0.5, 0.6) is 5.75 Å². The van der Waals surface area contributed by atoms with Crippen molar-refractivity contribution in [2.75, 3.05) is 0 Å². The first-order valence-corrected chi connectivity index (χ1v) is 6.90. The number of hydrogen-bond donors (Lipinski definition) is 1. The SMILES string of the molecule is Oc1ccc(C23CCC(Br)(CC2)CC3)cc1. The highest BCUT2D eigenvalue weighted by atomic mass is 79.9. The lowest BCUT2D eigenvalue weighted by Gasteiger charge is -2.51. The van der Waals surface area contributed by atoms with Gasteiger partial charge in [0.2, 0.25) is 0 Å². The van der Waals surface area contributed by atoms with Gasteiger partial charge in [-0.2, -0.15) is 0 Å². The number of alkyl halides is 1. The Morgan fingerprint density at radius 2 is 1.38 bits per heavy atom. The molecular formula is C14H17BrO. The Hall–Kier alpha value is -0.500. The molecule has 3 aliphatic carbocycles. The van der Waals surface area contributed by atoms with Crippen LogP contribution in [0.4, 0.5) is 0 Å². The summed E-state index contributed by atoms with van der Waals surface area (Å²) in [7, 11) is 0. The van der Waals surface area contributed by atoms with Crippen LogP contribution in [0.1, 0.15) is 44.1 Å². The molecule has 0 heterocycles. The molecule has 0 atom stereocenters. The number of phenols is 1. The molecule has 0 saturated heterocycles. The zero-order chi connectivity index (χ0) is 11.2. The maximum absolute atomic E-state index is 9.36. The summed E-state index contributed by atoms with van der Waals surface area (Å²) in [6, 6.07) is 7.88. The minimum atomic E-state index is 0.376. The molecule has 3 aliphatic rings. The maximum atomic E-state index is 9.36. The third-order valence-electron chi connectivity index (χ3n) is 4.63. The Bertz CT molecular complexity index is 371. The normalized spacial score (nSPS) is 37.6. The van der Waals surface area contributed by atoms with Crippen molar-refractivity contribution in [1.29, 1.82) is 0 Å². The quantitative estimate of drug-likeness (QED) is 0.767. The Kier molecular flexibility index (Phi) is 2.32. The average molecular weight is 281 g/mol. The summed E-state index contributed by atoms with van der Waals surface area (Å²) < 4.78 is 0.450. The fraction of sp³-hybridized carbons (Fsp3) is 0.571. The lowest BCUT2D eigenvalue weighted by Crippen LogP contribution is -2.44. The van der Waals surface area contributed by atoms with Crippen molar-refractivity contribution in [1.82, 2.24) is 0 Å². The van der Waals surface area contributed by atoms with E-state index in [9.17, 15) is 5.11 Å². The van der Waals surface area contributed by atoms with Crippen molar-refractivity contribution in [2.24, 2.45) is 0 Å². The monoisotopic (exact) mass is 280 g/mol. The van der Waals surface area contributed by atoms with Crippen LogP contribution in [0.25, 0.3) is 0 Å². The second kappa shape index (κ2) is 3.49. The molecule has 2 heteroatoms. The fourth-order valence-electron chi connectivity index (χ4n) is 3.39. The van der Waals surface area contributed by atoms with E-state index in [4.69, 9.17) is 0 Å². The maximum Gasteiger partial charge on any atom is 0.115 e. The predicted octanol–water partition coefficient (Wildman–Crippen LogP) is 4.13. The number of halogens is 1. The summed E-state index contributed by atoms with van der Waals surface area (Å²) in [6.07, 6.45) is 7.78. The van der Waals surface area contributed by atoms with E-state index in [2.05, 4.69) is 28.1 Å². The lowest BCUT2D eigenvalue weighted by atomic mass is 9.58. The molecule has 2 bridgehead atoms. The fourth-order valence-corrected chi connectivity index (χ4v) is 3.98. The largest absolute Gasteiger partial charge is 0.508 e. The molecule has 1 nitrogen and oxygen atoms in total. The number of rotatable bonds is 1. The molecule has 3 saturated carbocycles. The van der Waals surface area contributed by atoms with Gasteiger partial charge in [-0.05, 0) is 61.6 Å². The van der Waals surface area contributed by atoms with Gasteiger partial charge in [0.1, 0.15) is 5.75 Å². The van der Waals surface area contributed by atoms with E-state index in [1.165, 1.54) is 44.1 Å². The molecule has 0 amide bonds. The molecular weight excluding hydrogens is 264 g/mol. The zero-order valence-electron chi connectivity index (χ0n) is 9.38. The number of aromatic hydroxyl groups is 1. The lowest BCUT2D eigenvalue weighted by molar-refractivity contribution is 0.162. The standard InChI is InChI=1S/C14H17BrO/c15-14-8-5-13(6-9-14,7-10-14)11-1-3-12(16)4-2-11/h1-4,16H,5-10H2. The minimum absolute atomic E-state index is 0.376. The van der Waals surface area contributed by atoms with Gasteiger partial charge in [0, 0.05) is 4.32 Å². The summed E-state index contributed by atoms with van der Waals surface area (Å²) in [5.74, 6) is 0.376. The smallest absolute Gasteiger partial charge is 0.115 e. The topological polar surface area (TPSA) is 20.2 Å². The van der Waals surface area contributed by atoms with Crippen LogP contribution in [-0.4, -0.2) is 9.43 Å². The minimum Gasteiger partial charge on any atom is -0.508 e. The summed E-state index contributed by atoms with van der Waals surface area (Å²) in [5.41, 5.74) is 1.84. The van der Waals surface area contributed by atoms with Crippen molar-refractivity contribution in [3.8, 4) is 5.75 Å². The van der Waals surface area contributed by atoms with Gasteiger partial charge < -0.3 is 5.11 Å². The molecule has 0 aliphatic heterocycles. The molecule has 4 rings (SSSR count). The average Bonchev–Trinajstić information content (AvgIpc) is 2.31. The van der Waals surface area contributed by atoms with E-state index < -0.39 is 0 Å². The van der Waals surface area contributed by atoms with E-state index in [0.717, 1.165) is 0 Å². The number of hydrogen-bond acceptors (Lipinski definition) is 1. The summed E-state index contributed by atoms with van der Waals surface area (Å²) in [4.78, 5) is 0. The van der Waals surface area contributed by atoms with Crippen LogP contribution < -0.4 is 0 Å². The van der Waals surface area contributed by atoms with Crippen molar-refractivity contribution in [3.63, 3.8) is 0 Å². The van der Waals surface area contributed by atoms with Crippen molar-refractivity contribution < 1.29 is 5.11 Å². The first-order chi connectivity index (χ1) is 7.62. The molecule has 3 fully saturated rings. The van der Waals surface area contributed by atoms with Crippen molar-refractivity contribution in [2.45, 2.75) is 48.3 Å². The van der Waals surface area contributed by atoms with Gasteiger partial charge in [-0.3, -0.25) is 0 Å². The van der Waals surface area contributed by atoms with Crippen LogP contribution in [-0.2, 0) is 5.41 Å². The molecule has 1 aromatic carbocycles. The van der Waals surface area contributed by atoms with Crippen molar-refractivity contribution in [3.05, 3.63) is 29.8 Å². The second-order valence-corrected chi connectivity index (χ2v) is 7.16. The molecule has 1 aromatic rings. The Balaban J connectivity index is 1.92.